The quantitative estimate of drug-likeness (QED) is 0.749. The molecule has 0 aromatic carbocycles. The van der Waals surface area contributed by atoms with E-state index in [9.17, 15) is 0 Å². The lowest BCUT2D eigenvalue weighted by molar-refractivity contribution is 0.147. The van der Waals surface area contributed by atoms with Gasteiger partial charge in [0.05, 0.1) is 0 Å². The van der Waals surface area contributed by atoms with Crippen molar-refractivity contribution in [1.29, 1.82) is 0 Å². The molecule has 1 rings (SSSR count). The molecular weight excluding hydrogens is 220 g/mol. The molecule has 3 unspecified atom stereocenters. The van der Waals surface area contributed by atoms with Crippen molar-refractivity contribution in [2.75, 3.05) is 26.2 Å². The Morgan fingerprint density at radius 2 is 2.00 bits per heavy atom. The van der Waals surface area contributed by atoms with Gasteiger partial charge in [0.25, 0.3) is 0 Å². The third-order valence-electron chi connectivity index (χ3n) is 4.46. The lowest BCUT2D eigenvalue weighted by Crippen LogP contribution is -2.44. The summed E-state index contributed by atoms with van der Waals surface area (Å²) in [6, 6.07) is 0.774. The molecule has 1 N–H and O–H groups in total. The molecule has 0 aromatic rings. The van der Waals surface area contributed by atoms with Gasteiger partial charge in [-0.2, -0.15) is 0 Å². The molecule has 1 aliphatic rings. The van der Waals surface area contributed by atoms with E-state index in [0.29, 0.717) is 5.41 Å². The van der Waals surface area contributed by atoms with Gasteiger partial charge in [-0.05, 0) is 43.6 Å². The fraction of sp³-hybridized carbons (Fsp3) is 1.00. The normalized spacial score (nSPS) is 28.8. The standard InChI is InChI=1S/C16H34N2/c1-7-16(6,11-17-9-13(2)3)12-18-10-14(4)8-15(18)5/h13-15,17H,7-12H2,1-6H3. The van der Waals surface area contributed by atoms with Crippen molar-refractivity contribution in [3.05, 3.63) is 0 Å². The van der Waals surface area contributed by atoms with Crippen LogP contribution in [-0.4, -0.2) is 37.1 Å². The van der Waals surface area contributed by atoms with E-state index in [1.54, 1.807) is 0 Å². The van der Waals surface area contributed by atoms with E-state index in [2.05, 4.69) is 51.8 Å². The number of likely N-dealkylation sites (tertiary alicyclic amines) is 1. The Balaban J connectivity index is 2.43. The van der Waals surface area contributed by atoms with Crippen LogP contribution in [-0.2, 0) is 0 Å². The topological polar surface area (TPSA) is 15.3 Å². The first kappa shape index (κ1) is 16.0. The molecule has 0 aliphatic carbocycles. The summed E-state index contributed by atoms with van der Waals surface area (Å²) in [5.41, 5.74) is 0.424. The highest BCUT2D eigenvalue weighted by molar-refractivity contribution is 4.87. The molecular formula is C16H34N2. The summed E-state index contributed by atoms with van der Waals surface area (Å²) in [6.07, 6.45) is 2.63. The summed E-state index contributed by atoms with van der Waals surface area (Å²) in [6.45, 7) is 18.9. The Hall–Kier alpha value is -0.0800. The lowest BCUT2D eigenvalue weighted by atomic mass is 9.86. The van der Waals surface area contributed by atoms with Crippen molar-refractivity contribution in [3.63, 3.8) is 0 Å². The first-order valence-electron chi connectivity index (χ1n) is 7.81. The van der Waals surface area contributed by atoms with Crippen molar-refractivity contribution in [2.45, 2.75) is 60.4 Å². The Morgan fingerprint density at radius 3 is 2.44 bits per heavy atom. The molecule has 0 saturated carbocycles. The molecule has 0 bridgehead atoms. The number of rotatable bonds is 7. The van der Waals surface area contributed by atoms with Crippen LogP contribution in [0.4, 0.5) is 0 Å². The van der Waals surface area contributed by atoms with Crippen LogP contribution < -0.4 is 5.32 Å². The van der Waals surface area contributed by atoms with E-state index in [0.717, 1.165) is 31.0 Å². The van der Waals surface area contributed by atoms with Gasteiger partial charge in [0.1, 0.15) is 0 Å². The maximum absolute atomic E-state index is 3.65. The molecule has 1 heterocycles. The largest absolute Gasteiger partial charge is 0.316 e. The van der Waals surface area contributed by atoms with Gasteiger partial charge in [-0.1, -0.05) is 34.6 Å². The number of hydrogen-bond acceptors (Lipinski definition) is 2. The number of hydrogen-bond donors (Lipinski definition) is 1. The fourth-order valence-electron chi connectivity index (χ4n) is 3.05. The molecule has 2 nitrogen and oxygen atoms in total. The van der Waals surface area contributed by atoms with Gasteiger partial charge in [0, 0.05) is 25.7 Å². The van der Waals surface area contributed by atoms with Crippen LogP contribution >= 0.6 is 0 Å². The molecule has 0 spiro atoms. The SMILES string of the molecule is CCC(C)(CNCC(C)C)CN1CC(C)CC1C. The van der Waals surface area contributed by atoms with Gasteiger partial charge in [-0.25, -0.2) is 0 Å². The second-order valence-corrected chi connectivity index (χ2v) is 7.31. The minimum absolute atomic E-state index is 0.424. The van der Waals surface area contributed by atoms with E-state index in [1.807, 2.05) is 0 Å². The van der Waals surface area contributed by atoms with Crippen LogP contribution in [0.25, 0.3) is 0 Å². The summed E-state index contributed by atoms with van der Waals surface area (Å²) in [5.74, 6) is 1.63. The minimum Gasteiger partial charge on any atom is -0.316 e. The summed E-state index contributed by atoms with van der Waals surface area (Å²) in [5, 5.41) is 3.65. The Bertz CT molecular complexity index is 239. The lowest BCUT2D eigenvalue weighted by Gasteiger charge is -2.35. The Morgan fingerprint density at radius 1 is 1.33 bits per heavy atom. The van der Waals surface area contributed by atoms with Gasteiger partial charge in [0.2, 0.25) is 0 Å². The molecule has 2 heteroatoms. The highest BCUT2D eigenvalue weighted by atomic mass is 15.2. The highest BCUT2D eigenvalue weighted by Crippen LogP contribution is 2.29. The smallest absolute Gasteiger partial charge is 0.00702 e. The van der Waals surface area contributed by atoms with Crippen LogP contribution in [0.15, 0.2) is 0 Å². The minimum atomic E-state index is 0.424. The third kappa shape index (κ3) is 4.89. The Labute approximate surface area is 115 Å². The van der Waals surface area contributed by atoms with Gasteiger partial charge in [-0.15, -0.1) is 0 Å². The number of nitrogens with zero attached hydrogens (tertiary/aromatic N) is 1. The predicted molar refractivity (Wildman–Crippen MR) is 80.9 cm³/mol. The van der Waals surface area contributed by atoms with Crippen molar-refractivity contribution in [3.8, 4) is 0 Å². The average molecular weight is 254 g/mol. The second-order valence-electron chi connectivity index (χ2n) is 7.31. The summed E-state index contributed by atoms with van der Waals surface area (Å²) in [7, 11) is 0. The van der Waals surface area contributed by atoms with E-state index in [4.69, 9.17) is 0 Å². The zero-order chi connectivity index (χ0) is 13.8. The predicted octanol–water partition coefficient (Wildman–Crippen LogP) is 3.38. The number of nitrogens with one attached hydrogen (secondary N) is 1. The molecule has 108 valence electrons. The monoisotopic (exact) mass is 254 g/mol. The summed E-state index contributed by atoms with van der Waals surface area (Å²) in [4.78, 5) is 2.70. The van der Waals surface area contributed by atoms with Crippen LogP contribution in [0.1, 0.15) is 54.4 Å². The van der Waals surface area contributed by atoms with Crippen molar-refractivity contribution in [2.24, 2.45) is 17.3 Å². The van der Waals surface area contributed by atoms with Crippen molar-refractivity contribution in [1.82, 2.24) is 10.2 Å². The third-order valence-corrected chi connectivity index (χ3v) is 4.46. The summed E-state index contributed by atoms with van der Waals surface area (Å²) < 4.78 is 0. The van der Waals surface area contributed by atoms with E-state index < -0.39 is 0 Å². The second kappa shape index (κ2) is 6.91. The Kier molecular flexibility index (Phi) is 6.13. The molecule has 3 atom stereocenters. The zero-order valence-corrected chi connectivity index (χ0v) is 13.4. The van der Waals surface area contributed by atoms with E-state index >= 15 is 0 Å². The highest BCUT2D eigenvalue weighted by Gasteiger charge is 2.32. The molecule has 0 aromatic heterocycles. The van der Waals surface area contributed by atoms with Gasteiger partial charge < -0.3 is 5.32 Å². The van der Waals surface area contributed by atoms with Crippen LogP contribution in [0, 0.1) is 17.3 Å². The molecule has 1 fully saturated rings. The van der Waals surface area contributed by atoms with Crippen molar-refractivity contribution < 1.29 is 0 Å². The molecule has 1 aliphatic heterocycles. The van der Waals surface area contributed by atoms with Crippen LogP contribution in [0.5, 0.6) is 0 Å². The average Bonchev–Trinajstić information content (AvgIpc) is 2.56. The van der Waals surface area contributed by atoms with Crippen LogP contribution in [0.2, 0.25) is 0 Å². The van der Waals surface area contributed by atoms with E-state index in [-0.39, 0.29) is 0 Å². The fourth-order valence-corrected chi connectivity index (χ4v) is 3.05. The van der Waals surface area contributed by atoms with Gasteiger partial charge in [0.15, 0.2) is 0 Å². The molecule has 1 saturated heterocycles. The maximum atomic E-state index is 3.65. The van der Waals surface area contributed by atoms with Gasteiger partial charge >= 0.3 is 0 Å². The van der Waals surface area contributed by atoms with Crippen LogP contribution in [0.3, 0.4) is 0 Å². The molecule has 0 radical (unpaired) electrons. The first-order chi connectivity index (χ1) is 8.36. The van der Waals surface area contributed by atoms with Gasteiger partial charge in [-0.3, -0.25) is 4.90 Å². The molecule has 18 heavy (non-hydrogen) atoms. The zero-order valence-electron chi connectivity index (χ0n) is 13.4. The maximum Gasteiger partial charge on any atom is 0.00702 e. The summed E-state index contributed by atoms with van der Waals surface area (Å²) >= 11 is 0. The molecule has 0 amide bonds. The van der Waals surface area contributed by atoms with E-state index in [1.165, 1.54) is 25.9 Å². The van der Waals surface area contributed by atoms with Crippen molar-refractivity contribution >= 4 is 0 Å². The first-order valence-corrected chi connectivity index (χ1v) is 7.81.